The van der Waals surface area contributed by atoms with Gasteiger partial charge in [0.15, 0.2) is 0 Å². The molecule has 2 aliphatic heterocycles. The van der Waals surface area contributed by atoms with Crippen molar-refractivity contribution in [3.63, 3.8) is 0 Å². The monoisotopic (exact) mass is 262 g/mol. The molecule has 0 saturated carbocycles. The van der Waals surface area contributed by atoms with Crippen LogP contribution in [0.25, 0.3) is 0 Å². The maximum atomic E-state index is 4.53. The van der Waals surface area contributed by atoms with E-state index in [4.69, 9.17) is 0 Å². The molecule has 0 radical (unpaired) electrons. The zero-order valence-electron chi connectivity index (χ0n) is 12.3. The second kappa shape index (κ2) is 5.25. The smallest absolute Gasteiger partial charge is 0.0640 e. The summed E-state index contributed by atoms with van der Waals surface area (Å²) in [6.07, 6.45) is 8.61. The Hall–Kier alpha value is -0.870. The maximum absolute atomic E-state index is 4.53. The Morgan fingerprint density at radius 2 is 2.00 bits per heavy atom. The van der Waals surface area contributed by atoms with Crippen LogP contribution in [0, 0.1) is 5.92 Å². The Kier molecular flexibility index (Phi) is 3.63. The Bertz CT molecular complexity index is 414. The Labute approximate surface area is 116 Å². The van der Waals surface area contributed by atoms with E-state index in [0.717, 1.165) is 24.4 Å². The third-order valence-corrected chi connectivity index (χ3v) is 5.27. The van der Waals surface area contributed by atoms with Crippen molar-refractivity contribution in [3.05, 3.63) is 18.0 Å². The van der Waals surface area contributed by atoms with Crippen molar-refractivity contribution in [1.82, 2.24) is 20.0 Å². The number of likely N-dealkylation sites (N-methyl/N-ethyl adjacent to an activating group) is 1. The molecular weight excluding hydrogens is 236 g/mol. The topological polar surface area (TPSA) is 33.1 Å². The highest BCUT2D eigenvalue weighted by molar-refractivity contribution is 5.04. The van der Waals surface area contributed by atoms with Gasteiger partial charge in [0.05, 0.1) is 5.69 Å². The van der Waals surface area contributed by atoms with Crippen LogP contribution in [0.3, 0.4) is 0 Å². The average Bonchev–Trinajstić information content (AvgIpc) is 2.87. The Morgan fingerprint density at radius 1 is 1.32 bits per heavy atom. The van der Waals surface area contributed by atoms with Crippen LogP contribution in [0.4, 0.5) is 0 Å². The molecule has 2 fully saturated rings. The molecular formula is C15H26N4. The SMILES string of the molecule is CNC(Cc1ccn(C)n1)C1CC2CCC(C1)N2C. The van der Waals surface area contributed by atoms with Gasteiger partial charge in [0, 0.05) is 37.8 Å². The minimum absolute atomic E-state index is 0.576. The lowest BCUT2D eigenvalue weighted by molar-refractivity contribution is 0.114. The molecule has 3 heterocycles. The molecule has 3 unspecified atom stereocenters. The predicted molar refractivity (Wildman–Crippen MR) is 77.1 cm³/mol. The lowest BCUT2D eigenvalue weighted by Crippen LogP contribution is -2.47. The molecule has 0 amide bonds. The van der Waals surface area contributed by atoms with Crippen molar-refractivity contribution < 1.29 is 0 Å². The third-order valence-electron chi connectivity index (χ3n) is 5.27. The molecule has 1 N–H and O–H groups in total. The van der Waals surface area contributed by atoms with Crippen molar-refractivity contribution in [2.45, 2.75) is 50.2 Å². The highest BCUT2D eigenvalue weighted by atomic mass is 15.2. The van der Waals surface area contributed by atoms with Gasteiger partial charge in [-0.05, 0) is 51.8 Å². The summed E-state index contributed by atoms with van der Waals surface area (Å²) in [4.78, 5) is 2.62. The maximum Gasteiger partial charge on any atom is 0.0640 e. The van der Waals surface area contributed by atoms with E-state index in [-0.39, 0.29) is 0 Å². The van der Waals surface area contributed by atoms with E-state index in [2.05, 4.69) is 35.5 Å². The molecule has 106 valence electrons. The van der Waals surface area contributed by atoms with Crippen molar-refractivity contribution in [2.75, 3.05) is 14.1 Å². The summed E-state index contributed by atoms with van der Waals surface area (Å²) in [5.41, 5.74) is 1.22. The third kappa shape index (κ3) is 2.56. The zero-order valence-corrected chi connectivity index (χ0v) is 12.3. The molecule has 0 spiro atoms. The number of hydrogen-bond donors (Lipinski definition) is 1. The van der Waals surface area contributed by atoms with Gasteiger partial charge in [-0.25, -0.2) is 0 Å². The molecule has 0 aliphatic carbocycles. The molecule has 1 aromatic heterocycles. The Morgan fingerprint density at radius 3 is 2.53 bits per heavy atom. The van der Waals surface area contributed by atoms with E-state index >= 15 is 0 Å². The standard InChI is InChI=1S/C15H26N4/c1-16-15(10-12-6-7-18(2)17-12)11-8-13-4-5-14(9-11)19(13)3/h6-7,11,13-16H,4-5,8-10H2,1-3H3. The number of nitrogens with one attached hydrogen (secondary N) is 1. The summed E-state index contributed by atoms with van der Waals surface area (Å²) < 4.78 is 1.90. The first-order valence-corrected chi connectivity index (χ1v) is 7.55. The molecule has 4 heteroatoms. The molecule has 3 rings (SSSR count). The van der Waals surface area contributed by atoms with Crippen LogP contribution < -0.4 is 5.32 Å². The van der Waals surface area contributed by atoms with Crippen molar-refractivity contribution >= 4 is 0 Å². The lowest BCUT2D eigenvalue weighted by Gasteiger charge is -2.39. The summed E-state index contributed by atoms with van der Waals surface area (Å²) in [6, 6.07) is 4.37. The minimum Gasteiger partial charge on any atom is -0.316 e. The summed E-state index contributed by atoms with van der Waals surface area (Å²) in [7, 11) is 6.41. The van der Waals surface area contributed by atoms with Crippen molar-refractivity contribution in [3.8, 4) is 0 Å². The van der Waals surface area contributed by atoms with Gasteiger partial charge in [0.2, 0.25) is 0 Å². The molecule has 2 saturated heterocycles. The molecule has 19 heavy (non-hydrogen) atoms. The van der Waals surface area contributed by atoms with Crippen molar-refractivity contribution in [1.29, 1.82) is 0 Å². The zero-order chi connectivity index (χ0) is 13.4. The van der Waals surface area contributed by atoms with Gasteiger partial charge in [-0.3, -0.25) is 4.68 Å². The molecule has 2 aliphatic rings. The number of rotatable bonds is 4. The fourth-order valence-electron chi connectivity index (χ4n) is 4.08. The van der Waals surface area contributed by atoms with Gasteiger partial charge in [0.1, 0.15) is 0 Å². The summed E-state index contributed by atoms with van der Waals surface area (Å²) in [5, 5.41) is 8.07. The highest BCUT2D eigenvalue weighted by Gasteiger charge is 2.40. The van der Waals surface area contributed by atoms with Crippen LogP contribution >= 0.6 is 0 Å². The van der Waals surface area contributed by atoms with Gasteiger partial charge >= 0.3 is 0 Å². The average molecular weight is 262 g/mol. The number of nitrogens with zero attached hydrogens (tertiary/aromatic N) is 3. The van der Waals surface area contributed by atoms with E-state index in [9.17, 15) is 0 Å². The summed E-state index contributed by atoms with van der Waals surface area (Å²) in [6.45, 7) is 0. The van der Waals surface area contributed by atoms with E-state index < -0.39 is 0 Å². The predicted octanol–water partition coefficient (Wildman–Crippen LogP) is 1.42. The second-order valence-electron chi connectivity index (χ2n) is 6.36. The number of aryl methyl sites for hydroxylation is 1. The van der Waals surface area contributed by atoms with Gasteiger partial charge in [-0.2, -0.15) is 5.10 Å². The van der Waals surface area contributed by atoms with Crippen LogP contribution in [-0.4, -0.2) is 46.9 Å². The molecule has 0 aromatic carbocycles. The first-order valence-electron chi connectivity index (χ1n) is 7.55. The van der Waals surface area contributed by atoms with E-state index in [1.807, 2.05) is 17.9 Å². The number of hydrogen-bond acceptors (Lipinski definition) is 3. The largest absolute Gasteiger partial charge is 0.316 e. The number of fused-ring (bicyclic) bond motifs is 2. The van der Waals surface area contributed by atoms with Gasteiger partial charge in [0.25, 0.3) is 0 Å². The Balaban J connectivity index is 1.66. The van der Waals surface area contributed by atoms with E-state index in [1.54, 1.807) is 0 Å². The molecule has 1 aromatic rings. The van der Waals surface area contributed by atoms with Crippen LogP contribution in [0.2, 0.25) is 0 Å². The second-order valence-corrected chi connectivity index (χ2v) is 6.36. The fourth-order valence-corrected chi connectivity index (χ4v) is 4.08. The van der Waals surface area contributed by atoms with Gasteiger partial charge < -0.3 is 10.2 Å². The number of aromatic nitrogens is 2. The van der Waals surface area contributed by atoms with Crippen LogP contribution in [-0.2, 0) is 13.5 Å². The van der Waals surface area contributed by atoms with Crippen LogP contribution in [0.5, 0.6) is 0 Å². The summed E-state index contributed by atoms with van der Waals surface area (Å²) >= 11 is 0. The fraction of sp³-hybridized carbons (Fsp3) is 0.800. The first-order chi connectivity index (χ1) is 9.17. The van der Waals surface area contributed by atoms with Crippen LogP contribution in [0.1, 0.15) is 31.4 Å². The molecule has 4 nitrogen and oxygen atoms in total. The number of piperidine rings is 1. The molecule has 2 bridgehead atoms. The first kappa shape index (κ1) is 13.1. The minimum atomic E-state index is 0.576. The molecule has 3 atom stereocenters. The van der Waals surface area contributed by atoms with E-state index in [0.29, 0.717) is 6.04 Å². The lowest BCUT2D eigenvalue weighted by atomic mass is 9.83. The summed E-state index contributed by atoms with van der Waals surface area (Å²) in [5.74, 6) is 0.806. The van der Waals surface area contributed by atoms with Crippen molar-refractivity contribution in [2.24, 2.45) is 13.0 Å². The quantitative estimate of drug-likeness (QED) is 0.891. The van der Waals surface area contributed by atoms with Gasteiger partial charge in [-0.15, -0.1) is 0 Å². The van der Waals surface area contributed by atoms with Gasteiger partial charge in [-0.1, -0.05) is 0 Å². The normalized spacial score (nSPS) is 32.7. The van der Waals surface area contributed by atoms with E-state index in [1.165, 1.54) is 31.4 Å². The van der Waals surface area contributed by atoms with Crippen LogP contribution in [0.15, 0.2) is 12.3 Å². The highest BCUT2D eigenvalue weighted by Crippen LogP contribution is 2.39.